The van der Waals surface area contributed by atoms with Crippen LogP contribution in [0.1, 0.15) is 85.5 Å². The standard InChI is InChI=1S/C39H62O14/c1-18-7-12-38(48-17-18)19(2)39(47)27(53-38)14-24-22-6-5-20-13-21(8-10-36(20,3)23(22)9-11-37(24,39)4)49-35-33(31(45)29(43)26(16-41)51-35)52-34-32(46)30(44)28(42)25(15-40)50-34/h5,18-19,21-35,40-47H,6-17H2,1-4H3/t18-,19+,21-,22+,23-,24-,25+,26+,27-,28+,29+,30-,31-,32+,33+,34-,35+,36-,37-,38+,39+/m0/s1. The highest BCUT2D eigenvalue weighted by Gasteiger charge is 2.76. The maximum absolute atomic E-state index is 12.7. The monoisotopic (exact) mass is 754 g/mol. The highest BCUT2D eigenvalue weighted by molar-refractivity contribution is 5.29. The molecule has 4 heterocycles. The van der Waals surface area contributed by atoms with E-state index >= 15 is 0 Å². The Balaban J connectivity index is 0.977. The zero-order valence-electron chi connectivity index (χ0n) is 31.4. The zero-order chi connectivity index (χ0) is 37.8. The summed E-state index contributed by atoms with van der Waals surface area (Å²) in [4.78, 5) is 0. The van der Waals surface area contributed by atoms with Gasteiger partial charge < -0.3 is 69.3 Å². The van der Waals surface area contributed by atoms with Gasteiger partial charge in [0.05, 0.1) is 32.0 Å². The van der Waals surface area contributed by atoms with Crippen LogP contribution in [0.4, 0.5) is 0 Å². The summed E-state index contributed by atoms with van der Waals surface area (Å²) < 4.78 is 37.1. The molecule has 8 rings (SSSR count). The molecule has 14 heteroatoms. The first kappa shape index (κ1) is 39.0. The van der Waals surface area contributed by atoms with Gasteiger partial charge in [0, 0.05) is 17.8 Å². The number of hydrogen-bond acceptors (Lipinski definition) is 14. The molecule has 4 aliphatic heterocycles. The third kappa shape index (κ3) is 5.79. The molecule has 0 aromatic heterocycles. The Morgan fingerprint density at radius 3 is 2.17 bits per heavy atom. The molecule has 302 valence electrons. The van der Waals surface area contributed by atoms with E-state index in [1.54, 1.807) is 0 Å². The van der Waals surface area contributed by atoms with E-state index in [9.17, 15) is 40.9 Å². The minimum Gasteiger partial charge on any atom is -0.394 e. The number of fused-ring (bicyclic) bond motifs is 7. The SMILES string of the molecule is C[C@H]1CC[C@@]2(OC1)O[C@H]1C[C@H]3[C@@H]4CC=C5C[C@@H](O[C@@H]6O[C@H](CO)[C@@H](O)[C@H](O)[C@H]6O[C@@H]6O[C@H](CO)[C@@H](O)[C@H](O)[C@H]6O)CC[C@]5(C)[C@H]4CC[C@]3(C)[C@@]1(O)[C@@H]2C. The van der Waals surface area contributed by atoms with Gasteiger partial charge in [0.25, 0.3) is 0 Å². The second-order valence-electron chi connectivity index (χ2n) is 18.4. The fourth-order valence-corrected chi connectivity index (χ4v) is 12.5. The van der Waals surface area contributed by atoms with E-state index in [2.05, 4.69) is 33.8 Å². The van der Waals surface area contributed by atoms with E-state index < -0.39 is 86.0 Å². The maximum Gasteiger partial charge on any atom is 0.187 e. The van der Waals surface area contributed by atoms with Crippen molar-refractivity contribution in [3.05, 3.63) is 11.6 Å². The lowest BCUT2D eigenvalue weighted by molar-refractivity contribution is -0.372. The molecule has 21 atom stereocenters. The summed E-state index contributed by atoms with van der Waals surface area (Å²) in [6.07, 6.45) is -5.42. The lowest BCUT2D eigenvalue weighted by Crippen LogP contribution is -2.65. The second-order valence-corrected chi connectivity index (χ2v) is 18.4. The van der Waals surface area contributed by atoms with Crippen LogP contribution in [-0.4, -0.2) is 146 Å². The van der Waals surface area contributed by atoms with Gasteiger partial charge in [0.2, 0.25) is 0 Å². The average Bonchev–Trinajstić information content (AvgIpc) is 3.50. The molecule has 0 aromatic carbocycles. The first-order valence-corrected chi connectivity index (χ1v) is 20.1. The van der Waals surface area contributed by atoms with Crippen molar-refractivity contribution in [3.8, 4) is 0 Å². The van der Waals surface area contributed by atoms with Gasteiger partial charge in [0.1, 0.15) is 54.4 Å². The Morgan fingerprint density at radius 1 is 0.792 bits per heavy atom. The van der Waals surface area contributed by atoms with Gasteiger partial charge in [-0.05, 0) is 80.5 Å². The van der Waals surface area contributed by atoms with Crippen LogP contribution in [0.25, 0.3) is 0 Å². The van der Waals surface area contributed by atoms with Gasteiger partial charge in [-0.15, -0.1) is 0 Å². The van der Waals surface area contributed by atoms with Crippen LogP contribution in [0.3, 0.4) is 0 Å². The first-order chi connectivity index (χ1) is 25.1. The third-order valence-corrected chi connectivity index (χ3v) is 15.9. The Labute approximate surface area is 311 Å². The second kappa shape index (κ2) is 13.9. The Morgan fingerprint density at radius 2 is 1.49 bits per heavy atom. The normalized spacial score (nSPS) is 58.0. The smallest absolute Gasteiger partial charge is 0.187 e. The lowest BCUT2D eigenvalue weighted by atomic mass is 9.46. The van der Waals surface area contributed by atoms with Gasteiger partial charge in [-0.1, -0.05) is 39.3 Å². The molecule has 14 nitrogen and oxygen atoms in total. The highest BCUT2D eigenvalue weighted by atomic mass is 16.8. The van der Waals surface area contributed by atoms with Crippen molar-refractivity contribution in [1.82, 2.24) is 0 Å². The molecule has 0 aromatic rings. The molecule has 0 amide bonds. The molecule has 0 radical (unpaired) electrons. The van der Waals surface area contributed by atoms with Crippen molar-refractivity contribution < 1.29 is 69.3 Å². The fraction of sp³-hybridized carbons (Fsp3) is 0.949. The third-order valence-electron chi connectivity index (χ3n) is 15.9. The van der Waals surface area contributed by atoms with Crippen molar-refractivity contribution in [2.45, 2.75) is 170 Å². The number of rotatable bonds is 6. The molecule has 1 spiro atoms. The van der Waals surface area contributed by atoms with Crippen molar-refractivity contribution >= 4 is 0 Å². The lowest BCUT2D eigenvalue weighted by Gasteiger charge is -2.60. The largest absolute Gasteiger partial charge is 0.394 e. The minimum absolute atomic E-state index is 0.0657. The van der Waals surface area contributed by atoms with E-state index in [1.807, 2.05) is 0 Å². The summed E-state index contributed by atoms with van der Waals surface area (Å²) in [5.41, 5.74) is 0.0200. The van der Waals surface area contributed by atoms with Crippen LogP contribution in [0, 0.1) is 40.4 Å². The van der Waals surface area contributed by atoms with Crippen molar-refractivity contribution in [1.29, 1.82) is 0 Å². The molecule has 53 heavy (non-hydrogen) atoms. The van der Waals surface area contributed by atoms with E-state index in [4.69, 9.17) is 28.4 Å². The molecular weight excluding hydrogens is 692 g/mol. The highest BCUT2D eigenvalue weighted by Crippen LogP contribution is 2.72. The van der Waals surface area contributed by atoms with Crippen LogP contribution < -0.4 is 0 Å². The summed E-state index contributed by atoms with van der Waals surface area (Å²) in [6.45, 7) is 8.44. The van der Waals surface area contributed by atoms with Gasteiger partial charge in [0.15, 0.2) is 18.4 Å². The van der Waals surface area contributed by atoms with Crippen LogP contribution in [0.15, 0.2) is 11.6 Å². The van der Waals surface area contributed by atoms with E-state index in [1.165, 1.54) is 5.57 Å². The first-order valence-electron chi connectivity index (χ1n) is 20.1. The summed E-state index contributed by atoms with van der Waals surface area (Å²) in [5.74, 6) is 0.845. The van der Waals surface area contributed by atoms with Gasteiger partial charge in [-0.3, -0.25) is 0 Å². The number of aliphatic hydroxyl groups excluding tert-OH is 7. The van der Waals surface area contributed by atoms with Gasteiger partial charge >= 0.3 is 0 Å². The fourth-order valence-electron chi connectivity index (χ4n) is 12.5. The average molecular weight is 755 g/mol. The number of ether oxygens (including phenoxy) is 6. The molecule has 4 aliphatic carbocycles. The number of aliphatic hydroxyl groups is 8. The Hall–Kier alpha value is -0.820. The van der Waals surface area contributed by atoms with Crippen LogP contribution >= 0.6 is 0 Å². The molecule has 0 unspecified atom stereocenters. The predicted molar refractivity (Wildman–Crippen MR) is 184 cm³/mol. The number of hydrogen-bond donors (Lipinski definition) is 8. The van der Waals surface area contributed by atoms with E-state index in [-0.39, 0.29) is 29.0 Å². The topological polar surface area (TPSA) is 217 Å². The summed E-state index contributed by atoms with van der Waals surface area (Å²) in [7, 11) is 0. The molecule has 4 saturated heterocycles. The van der Waals surface area contributed by atoms with Crippen LogP contribution in [-0.2, 0) is 28.4 Å². The Bertz CT molecular complexity index is 1370. The summed E-state index contributed by atoms with van der Waals surface area (Å²) in [5, 5.41) is 85.3. The summed E-state index contributed by atoms with van der Waals surface area (Å²) >= 11 is 0. The van der Waals surface area contributed by atoms with Crippen LogP contribution in [0.2, 0.25) is 0 Å². The van der Waals surface area contributed by atoms with Crippen molar-refractivity contribution in [2.24, 2.45) is 40.4 Å². The molecule has 8 aliphatic rings. The zero-order valence-corrected chi connectivity index (χ0v) is 31.4. The quantitative estimate of drug-likeness (QED) is 0.173. The summed E-state index contributed by atoms with van der Waals surface area (Å²) in [6, 6.07) is 0. The molecule has 8 N–H and O–H groups in total. The van der Waals surface area contributed by atoms with Crippen molar-refractivity contribution in [3.63, 3.8) is 0 Å². The predicted octanol–water partition coefficient (Wildman–Crippen LogP) is 0.477. The maximum atomic E-state index is 12.7. The van der Waals surface area contributed by atoms with Crippen molar-refractivity contribution in [2.75, 3.05) is 19.8 Å². The molecule has 7 fully saturated rings. The van der Waals surface area contributed by atoms with E-state index in [0.29, 0.717) is 43.1 Å². The van der Waals surface area contributed by atoms with Gasteiger partial charge in [-0.25, -0.2) is 0 Å². The molecular formula is C39H62O14. The van der Waals surface area contributed by atoms with E-state index in [0.717, 1.165) is 44.9 Å². The van der Waals surface area contributed by atoms with Crippen LogP contribution in [0.5, 0.6) is 0 Å². The van der Waals surface area contributed by atoms with Gasteiger partial charge in [-0.2, -0.15) is 0 Å². The minimum atomic E-state index is -1.73. The Kier molecular flexibility index (Phi) is 10.3. The molecule has 3 saturated carbocycles. The number of allylic oxidation sites excluding steroid dienone is 1. The molecule has 0 bridgehead atoms.